The van der Waals surface area contributed by atoms with Crippen LogP contribution in [0.2, 0.25) is 15.1 Å². The van der Waals surface area contributed by atoms with E-state index in [0.29, 0.717) is 33.3 Å². The second kappa shape index (κ2) is 7.41. The lowest BCUT2D eigenvalue weighted by Crippen LogP contribution is -2.32. The third-order valence-electron chi connectivity index (χ3n) is 3.85. The van der Waals surface area contributed by atoms with Crippen LogP contribution in [0.3, 0.4) is 0 Å². The summed E-state index contributed by atoms with van der Waals surface area (Å²) in [7, 11) is 0. The first-order chi connectivity index (χ1) is 11.0. The normalized spacial score (nSPS) is 18.3. The highest BCUT2D eigenvalue weighted by Crippen LogP contribution is 2.35. The molecule has 122 valence electrons. The Hall–Kier alpha value is -0.780. The molecule has 1 aliphatic rings. The number of hydrogen-bond donors (Lipinski definition) is 1. The number of nitrogens with one attached hydrogen (secondary N) is 1. The van der Waals surface area contributed by atoms with Crippen molar-refractivity contribution in [2.45, 2.75) is 18.9 Å². The van der Waals surface area contributed by atoms with Crippen LogP contribution < -0.4 is 5.32 Å². The van der Waals surface area contributed by atoms with Gasteiger partial charge in [0, 0.05) is 15.9 Å². The highest BCUT2D eigenvalue weighted by atomic mass is 35.5. The number of rotatable bonds is 4. The maximum Gasteiger partial charge on any atom is 0.238 e. The molecular formula is C16H15Cl3N2OS. The number of likely N-dealkylation sites (tertiary alicyclic amines) is 1. The Balaban J connectivity index is 1.68. The van der Waals surface area contributed by atoms with Crippen molar-refractivity contribution in [3.63, 3.8) is 0 Å². The number of anilines is 1. The number of amides is 1. The van der Waals surface area contributed by atoms with Crippen LogP contribution >= 0.6 is 46.1 Å². The fraction of sp³-hybridized carbons (Fsp3) is 0.312. The summed E-state index contributed by atoms with van der Waals surface area (Å²) in [6.45, 7) is 1.23. The Morgan fingerprint density at radius 2 is 2.04 bits per heavy atom. The first kappa shape index (κ1) is 17.1. The van der Waals surface area contributed by atoms with Crippen molar-refractivity contribution in [3.05, 3.63) is 49.6 Å². The molecule has 2 heterocycles. The summed E-state index contributed by atoms with van der Waals surface area (Å²) in [5.41, 5.74) is 0.412. The van der Waals surface area contributed by atoms with E-state index in [4.69, 9.17) is 34.8 Å². The Kier molecular flexibility index (Phi) is 5.49. The minimum Gasteiger partial charge on any atom is -0.322 e. The number of benzene rings is 1. The Labute approximate surface area is 154 Å². The Morgan fingerprint density at radius 3 is 2.70 bits per heavy atom. The average Bonchev–Trinajstić information content (AvgIpc) is 3.13. The number of hydrogen-bond acceptors (Lipinski definition) is 3. The average molecular weight is 390 g/mol. The van der Waals surface area contributed by atoms with E-state index in [9.17, 15) is 4.79 Å². The molecule has 0 bridgehead atoms. The van der Waals surface area contributed by atoms with Gasteiger partial charge in [-0.3, -0.25) is 9.69 Å². The topological polar surface area (TPSA) is 32.3 Å². The lowest BCUT2D eigenvalue weighted by atomic mass is 10.2. The molecule has 0 radical (unpaired) electrons. The van der Waals surface area contributed by atoms with Gasteiger partial charge in [0.2, 0.25) is 5.91 Å². The summed E-state index contributed by atoms with van der Waals surface area (Å²) in [6.07, 6.45) is 2.18. The second-order valence-electron chi connectivity index (χ2n) is 5.44. The highest BCUT2D eigenvalue weighted by molar-refractivity contribution is 7.10. The van der Waals surface area contributed by atoms with Crippen molar-refractivity contribution in [3.8, 4) is 0 Å². The maximum absolute atomic E-state index is 12.4. The molecule has 1 aromatic heterocycles. The highest BCUT2D eigenvalue weighted by Gasteiger charge is 2.28. The lowest BCUT2D eigenvalue weighted by molar-refractivity contribution is -0.117. The van der Waals surface area contributed by atoms with Gasteiger partial charge in [0.1, 0.15) is 0 Å². The predicted molar refractivity (Wildman–Crippen MR) is 98.0 cm³/mol. The first-order valence-electron chi connectivity index (χ1n) is 7.26. The third-order valence-corrected chi connectivity index (χ3v) is 5.64. The van der Waals surface area contributed by atoms with E-state index < -0.39 is 0 Å². The van der Waals surface area contributed by atoms with E-state index in [2.05, 4.69) is 21.7 Å². The van der Waals surface area contributed by atoms with E-state index in [1.54, 1.807) is 23.5 Å². The summed E-state index contributed by atoms with van der Waals surface area (Å²) in [5.74, 6) is -0.125. The molecule has 7 heteroatoms. The molecule has 2 aromatic rings. The van der Waals surface area contributed by atoms with Crippen LogP contribution in [0.4, 0.5) is 5.69 Å². The number of nitrogens with zero attached hydrogens (tertiary/aromatic N) is 1. The molecule has 1 N–H and O–H groups in total. The fourth-order valence-electron chi connectivity index (χ4n) is 2.84. The number of halogens is 3. The van der Waals surface area contributed by atoms with Gasteiger partial charge in [0.05, 0.1) is 22.3 Å². The van der Waals surface area contributed by atoms with Crippen LogP contribution in [0.1, 0.15) is 23.8 Å². The molecule has 0 unspecified atom stereocenters. The molecule has 1 saturated heterocycles. The predicted octanol–water partition coefficient (Wildman–Crippen LogP) is 5.48. The molecule has 1 aliphatic heterocycles. The zero-order chi connectivity index (χ0) is 16.4. The molecule has 1 aromatic carbocycles. The van der Waals surface area contributed by atoms with Crippen molar-refractivity contribution >= 4 is 57.7 Å². The molecule has 1 atom stereocenters. The van der Waals surface area contributed by atoms with Crippen LogP contribution in [0.5, 0.6) is 0 Å². The number of carbonyl (C=O) groups excluding carboxylic acids is 1. The summed E-state index contributed by atoms with van der Waals surface area (Å²) in [5, 5.41) is 5.99. The summed E-state index contributed by atoms with van der Waals surface area (Å²) >= 11 is 19.8. The Bertz CT molecular complexity index is 682. The van der Waals surface area contributed by atoms with Gasteiger partial charge in [0.15, 0.2) is 0 Å². The van der Waals surface area contributed by atoms with E-state index in [1.165, 1.54) is 4.88 Å². The lowest BCUT2D eigenvalue weighted by Gasteiger charge is -2.23. The van der Waals surface area contributed by atoms with Crippen LogP contribution in [0.25, 0.3) is 0 Å². The first-order valence-corrected chi connectivity index (χ1v) is 9.28. The van der Waals surface area contributed by atoms with Gasteiger partial charge in [-0.2, -0.15) is 0 Å². The zero-order valence-electron chi connectivity index (χ0n) is 12.2. The fourth-order valence-corrected chi connectivity index (χ4v) is 4.65. The quantitative estimate of drug-likeness (QED) is 0.750. The third kappa shape index (κ3) is 4.01. The maximum atomic E-state index is 12.4. The number of thiophene rings is 1. The zero-order valence-corrected chi connectivity index (χ0v) is 15.3. The minimum atomic E-state index is -0.125. The van der Waals surface area contributed by atoms with Crippen LogP contribution in [-0.2, 0) is 4.79 Å². The van der Waals surface area contributed by atoms with Crippen molar-refractivity contribution in [1.82, 2.24) is 4.90 Å². The van der Waals surface area contributed by atoms with Crippen molar-refractivity contribution in [1.29, 1.82) is 0 Å². The van der Waals surface area contributed by atoms with E-state index in [-0.39, 0.29) is 5.91 Å². The van der Waals surface area contributed by atoms with E-state index in [1.807, 2.05) is 6.07 Å². The summed E-state index contributed by atoms with van der Waals surface area (Å²) in [6, 6.07) is 7.61. The molecule has 0 saturated carbocycles. The van der Waals surface area contributed by atoms with Crippen molar-refractivity contribution < 1.29 is 4.79 Å². The molecule has 3 nitrogen and oxygen atoms in total. The van der Waals surface area contributed by atoms with E-state index >= 15 is 0 Å². The van der Waals surface area contributed by atoms with Gasteiger partial charge in [-0.15, -0.1) is 11.3 Å². The van der Waals surface area contributed by atoms with Crippen LogP contribution in [0.15, 0.2) is 29.6 Å². The van der Waals surface area contributed by atoms with Gasteiger partial charge in [0.25, 0.3) is 0 Å². The van der Waals surface area contributed by atoms with Crippen molar-refractivity contribution in [2.24, 2.45) is 0 Å². The Morgan fingerprint density at radius 1 is 1.30 bits per heavy atom. The molecule has 3 rings (SSSR count). The largest absolute Gasteiger partial charge is 0.322 e. The summed E-state index contributed by atoms with van der Waals surface area (Å²) < 4.78 is 0. The van der Waals surface area contributed by atoms with Gasteiger partial charge in [-0.05, 0) is 43.0 Å². The van der Waals surface area contributed by atoms with Crippen LogP contribution in [-0.4, -0.2) is 23.9 Å². The molecule has 0 spiro atoms. The van der Waals surface area contributed by atoms with Gasteiger partial charge in [-0.1, -0.05) is 40.9 Å². The van der Waals surface area contributed by atoms with E-state index in [0.717, 1.165) is 19.4 Å². The molecular weight excluding hydrogens is 375 g/mol. The monoisotopic (exact) mass is 388 g/mol. The molecule has 23 heavy (non-hydrogen) atoms. The standard InChI is InChI=1S/C16H15Cl3N2OS/c17-10-7-11(18)16(12(19)8-10)20-15(22)9-21-5-1-3-13(21)14-4-2-6-23-14/h2,4,6-8,13H,1,3,5,9H2,(H,20,22)/t13-/m0/s1. The minimum absolute atomic E-state index is 0.125. The molecule has 1 amide bonds. The molecule has 0 aliphatic carbocycles. The second-order valence-corrected chi connectivity index (χ2v) is 7.67. The SMILES string of the molecule is O=C(CN1CCC[C@H]1c1cccs1)Nc1c(Cl)cc(Cl)cc1Cl. The van der Waals surface area contributed by atoms with Gasteiger partial charge >= 0.3 is 0 Å². The van der Waals surface area contributed by atoms with Gasteiger partial charge < -0.3 is 5.32 Å². The molecule has 1 fully saturated rings. The number of carbonyl (C=O) groups is 1. The smallest absolute Gasteiger partial charge is 0.238 e. The van der Waals surface area contributed by atoms with Gasteiger partial charge in [-0.25, -0.2) is 0 Å². The van der Waals surface area contributed by atoms with Crippen molar-refractivity contribution in [2.75, 3.05) is 18.4 Å². The van der Waals surface area contributed by atoms with Crippen LogP contribution in [0, 0.1) is 0 Å². The summed E-state index contributed by atoms with van der Waals surface area (Å²) in [4.78, 5) is 15.9.